The van der Waals surface area contributed by atoms with Crippen LogP contribution in [0.15, 0.2) is 35.1 Å². The van der Waals surface area contributed by atoms with Gasteiger partial charge in [-0.15, -0.1) is 0 Å². The first-order chi connectivity index (χ1) is 10.1. The average Bonchev–Trinajstić information content (AvgIpc) is 2.45. The van der Waals surface area contributed by atoms with Gasteiger partial charge in [0.2, 0.25) is 0 Å². The molecule has 1 heterocycles. The van der Waals surface area contributed by atoms with Crippen LogP contribution in [-0.4, -0.2) is 16.2 Å². The summed E-state index contributed by atoms with van der Waals surface area (Å²) in [6, 6.07) is 10.6. The molecule has 0 fully saturated rings. The lowest BCUT2D eigenvalue weighted by Crippen LogP contribution is -2.24. The van der Waals surface area contributed by atoms with Gasteiger partial charge in [-0.05, 0) is 38.5 Å². The fourth-order valence-electron chi connectivity index (χ4n) is 2.10. The standard InChI is InChI=1S/C16H17N3O2/c1-12-9-16(20)19(13(2)18-12)7-4-8-21-15-6-3-5-14(10-15)11-17/h3,5-6,9-10H,4,7-8H2,1-2H3. The predicted molar refractivity (Wildman–Crippen MR) is 79.2 cm³/mol. The Morgan fingerprint density at radius 1 is 1.33 bits per heavy atom. The van der Waals surface area contributed by atoms with Crippen molar-refractivity contribution in [2.45, 2.75) is 26.8 Å². The van der Waals surface area contributed by atoms with Crippen LogP contribution in [0.1, 0.15) is 23.5 Å². The largest absolute Gasteiger partial charge is 0.493 e. The maximum absolute atomic E-state index is 11.9. The number of benzene rings is 1. The molecule has 0 aliphatic rings. The van der Waals surface area contributed by atoms with Gasteiger partial charge in [-0.1, -0.05) is 6.07 Å². The maximum Gasteiger partial charge on any atom is 0.253 e. The zero-order chi connectivity index (χ0) is 15.2. The lowest BCUT2D eigenvalue weighted by atomic mass is 10.2. The first-order valence-electron chi connectivity index (χ1n) is 6.78. The zero-order valence-corrected chi connectivity index (χ0v) is 12.2. The van der Waals surface area contributed by atoms with E-state index in [4.69, 9.17) is 10.00 Å². The monoisotopic (exact) mass is 283 g/mol. The van der Waals surface area contributed by atoms with E-state index < -0.39 is 0 Å². The molecule has 0 bridgehead atoms. The van der Waals surface area contributed by atoms with Crippen LogP contribution in [0.4, 0.5) is 0 Å². The summed E-state index contributed by atoms with van der Waals surface area (Å²) >= 11 is 0. The van der Waals surface area contributed by atoms with Gasteiger partial charge in [0.15, 0.2) is 0 Å². The molecule has 0 aliphatic carbocycles. The summed E-state index contributed by atoms with van der Waals surface area (Å²) in [7, 11) is 0. The van der Waals surface area contributed by atoms with Gasteiger partial charge in [-0.2, -0.15) is 5.26 Å². The Balaban J connectivity index is 1.91. The number of aromatic nitrogens is 2. The minimum atomic E-state index is -0.0357. The van der Waals surface area contributed by atoms with E-state index in [1.807, 2.05) is 19.9 Å². The molecule has 21 heavy (non-hydrogen) atoms. The first-order valence-corrected chi connectivity index (χ1v) is 6.78. The van der Waals surface area contributed by atoms with Gasteiger partial charge in [-0.3, -0.25) is 9.36 Å². The molecule has 0 radical (unpaired) electrons. The fraction of sp³-hybridized carbons (Fsp3) is 0.312. The van der Waals surface area contributed by atoms with Gasteiger partial charge in [0.05, 0.1) is 18.2 Å². The second-order valence-corrected chi connectivity index (χ2v) is 4.78. The molecule has 108 valence electrons. The number of nitriles is 1. The molecular weight excluding hydrogens is 266 g/mol. The van der Waals surface area contributed by atoms with Crippen molar-refractivity contribution >= 4 is 0 Å². The lowest BCUT2D eigenvalue weighted by molar-refractivity contribution is 0.300. The smallest absolute Gasteiger partial charge is 0.253 e. The van der Waals surface area contributed by atoms with E-state index in [9.17, 15) is 4.79 Å². The van der Waals surface area contributed by atoms with Crippen molar-refractivity contribution in [1.82, 2.24) is 9.55 Å². The van der Waals surface area contributed by atoms with Crippen LogP contribution < -0.4 is 10.3 Å². The van der Waals surface area contributed by atoms with E-state index >= 15 is 0 Å². The number of nitrogens with zero attached hydrogens (tertiary/aromatic N) is 3. The van der Waals surface area contributed by atoms with E-state index in [1.54, 1.807) is 22.8 Å². The SMILES string of the molecule is Cc1cc(=O)n(CCCOc2cccc(C#N)c2)c(C)n1. The van der Waals surface area contributed by atoms with Gasteiger partial charge in [0, 0.05) is 18.3 Å². The molecule has 0 aliphatic heterocycles. The van der Waals surface area contributed by atoms with Crippen LogP contribution in [0.5, 0.6) is 5.75 Å². The normalized spacial score (nSPS) is 10.1. The number of hydrogen-bond donors (Lipinski definition) is 0. The van der Waals surface area contributed by atoms with E-state index in [2.05, 4.69) is 11.1 Å². The average molecular weight is 283 g/mol. The Bertz CT molecular complexity index is 729. The van der Waals surface area contributed by atoms with E-state index in [0.717, 1.165) is 5.69 Å². The first kappa shape index (κ1) is 14.8. The molecule has 5 nitrogen and oxygen atoms in total. The summed E-state index contributed by atoms with van der Waals surface area (Å²) in [6.07, 6.45) is 0.697. The van der Waals surface area contributed by atoms with Crippen molar-refractivity contribution in [3.8, 4) is 11.8 Å². The molecule has 0 amide bonds. The van der Waals surface area contributed by atoms with Gasteiger partial charge >= 0.3 is 0 Å². The third-order valence-corrected chi connectivity index (χ3v) is 3.09. The molecule has 2 aromatic rings. The Labute approximate surface area is 123 Å². The van der Waals surface area contributed by atoms with Crippen molar-refractivity contribution in [1.29, 1.82) is 5.26 Å². The molecule has 2 rings (SSSR count). The van der Waals surface area contributed by atoms with Crippen LogP contribution in [0.25, 0.3) is 0 Å². The highest BCUT2D eigenvalue weighted by molar-refractivity contribution is 5.36. The third kappa shape index (κ3) is 3.93. The number of aryl methyl sites for hydroxylation is 2. The molecule has 0 saturated heterocycles. The van der Waals surface area contributed by atoms with Crippen LogP contribution in [0.3, 0.4) is 0 Å². The Morgan fingerprint density at radius 3 is 2.86 bits per heavy atom. The van der Waals surface area contributed by atoms with Crippen LogP contribution in [0, 0.1) is 25.2 Å². The van der Waals surface area contributed by atoms with Gasteiger partial charge in [0.1, 0.15) is 11.6 Å². The predicted octanol–water partition coefficient (Wildman–Crippen LogP) is 2.20. The highest BCUT2D eigenvalue weighted by atomic mass is 16.5. The number of rotatable bonds is 5. The van der Waals surface area contributed by atoms with E-state index in [-0.39, 0.29) is 5.56 Å². The summed E-state index contributed by atoms with van der Waals surface area (Å²) in [5.74, 6) is 1.38. The molecule has 0 atom stereocenters. The summed E-state index contributed by atoms with van der Waals surface area (Å²) in [6.45, 7) is 4.68. The molecule has 0 unspecified atom stereocenters. The van der Waals surface area contributed by atoms with Gasteiger partial charge < -0.3 is 4.74 Å². The van der Waals surface area contributed by atoms with Crippen molar-refractivity contribution < 1.29 is 4.74 Å². The minimum absolute atomic E-state index is 0.0357. The molecule has 1 aromatic heterocycles. The van der Waals surface area contributed by atoms with Crippen molar-refractivity contribution in [2.24, 2.45) is 0 Å². The van der Waals surface area contributed by atoms with Crippen molar-refractivity contribution in [2.75, 3.05) is 6.61 Å². The Kier molecular flexibility index (Phi) is 4.72. The minimum Gasteiger partial charge on any atom is -0.493 e. The lowest BCUT2D eigenvalue weighted by Gasteiger charge is -2.10. The molecule has 1 aromatic carbocycles. The third-order valence-electron chi connectivity index (χ3n) is 3.09. The molecule has 0 saturated carbocycles. The van der Waals surface area contributed by atoms with Crippen LogP contribution >= 0.6 is 0 Å². The topological polar surface area (TPSA) is 67.9 Å². The highest BCUT2D eigenvalue weighted by Crippen LogP contribution is 2.12. The van der Waals surface area contributed by atoms with Crippen LogP contribution in [0.2, 0.25) is 0 Å². The molecule has 0 spiro atoms. The van der Waals surface area contributed by atoms with Crippen molar-refractivity contribution in [3.05, 3.63) is 57.8 Å². The molecule has 5 heteroatoms. The maximum atomic E-state index is 11.9. The summed E-state index contributed by atoms with van der Waals surface area (Å²) in [4.78, 5) is 16.1. The molecule has 0 N–H and O–H groups in total. The van der Waals surface area contributed by atoms with Gasteiger partial charge in [0.25, 0.3) is 5.56 Å². The number of ether oxygens (including phenoxy) is 1. The fourth-order valence-corrected chi connectivity index (χ4v) is 2.10. The van der Waals surface area contributed by atoms with Crippen LogP contribution in [-0.2, 0) is 6.54 Å². The number of hydrogen-bond acceptors (Lipinski definition) is 4. The quantitative estimate of drug-likeness (QED) is 0.789. The van der Waals surface area contributed by atoms with Crippen molar-refractivity contribution in [3.63, 3.8) is 0 Å². The second kappa shape index (κ2) is 6.71. The second-order valence-electron chi connectivity index (χ2n) is 4.78. The molecular formula is C16H17N3O2. The summed E-state index contributed by atoms with van der Waals surface area (Å²) < 4.78 is 7.23. The summed E-state index contributed by atoms with van der Waals surface area (Å²) in [5.41, 5.74) is 1.27. The zero-order valence-electron chi connectivity index (χ0n) is 12.2. The Morgan fingerprint density at radius 2 is 2.14 bits per heavy atom. The van der Waals surface area contributed by atoms with E-state index in [0.29, 0.717) is 36.7 Å². The van der Waals surface area contributed by atoms with Gasteiger partial charge in [-0.25, -0.2) is 4.98 Å². The summed E-state index contributed by atoms with van der Waals surface area (Å²) in [5, 5.41) is 8.82. The Hall–Kier alpha value is -2.61. The van der Waals surface area contributed by atoms with E-state index in [1.165, 1.54) is 6.07 Å². The highest BCUT2D eigenvalue weighted by Gasteiger charge is 2.03.